The Morgan fingerprint density at radius 2 is 2.26 bits per heavy atom. The zero-order valence-corrected chi connectivity index (χ0v) is 13.7. The van der Waals surface area contributed by atoms with Gasteiger partial charge in [-0.25, -0.2) is 4.79 Å². The molecular formula is C13H19BrN2O2S. The molecule has 0 heterocycles. The number of methoxy groups -OCH3 is 1. The van der Waals surface area contributed by atoms with Gasteiger partial charge in [0.15, 0.2) is 0 Å². The zero-order chi connectivity index (χ0) is 14.4. The van der Waals surface area contributed by atoms with Gasteiger partial charge in [0.2, 0.25) is 0 Å². The van der Waals surface area contributed by atoms with Crippen molar-refractivity contribution in [3.05, 3.63) is 22.2 Å². The summed E-state index contributed by atoms with van der Waals surface area (Å²) in [5.41, 5.74) is 7.45. The molecule has 0 saturated heterocycles. The Morgan fingerprint density at radius 3 is 2.84 bits per heavy atom. The average Bonchev–Trinajstić information content (AvgIpc) is 2.38. The summed E-state index contributed by atoms with van der Waals surface area (Å²) in [5.74, 6) is 0.662. The molecule has 0 aliphatic rings. The van der Waals surface area contributed by atoms with Gasteiger partial charge in [-0.05, 0) is 53.4 Å². The van der Waals surface area contributed by atoms with Crippen molar-refractivity contribution in [2.24, 2.45) is 0 Å². The van der Waals surface area contributed by atoms with E-state index in [2.05, 4.69) is 34.4 Å². The Morgan fingerprint density at radius 1 is 1.58 bits per heavy atom. The Hall–Kier alpha value is -0.880. The number of carbonyl (C=O) groups is 1. The van der Waals surface area contributed by atoms with E-state index < -0.39 is 5.97 Å². The van der Waals surface area contributed by atoms with Gasteiger partial charge in [-0.2, -0.15) is 11.8 Å². The van der Waals surface area contributed by atoms with E-state index in [-0.39, 0.29) is 0 Å². The van der Waals surface area contributed by atoms with Crippen molar-refractivity contribution in [2.45, 2.75) is 19.4 Å². The van der Waals surface area contributed by atoms with Crippen LogP contribution < -0.4 is 11.1 Å². The number of halogens is 1. The molecule has 106 valence electrons. The molecule has 1 unspecified atom stereocenters. The van der Waals surface area contributed by atoms with Gasteiger partial charge >= 0.3 is 5.97 Å². The van der Waals surface area contributed by atoms with Crippen molar-refractivity contribution in [2.75, 3.05) is 30.2 Å². The zero-order valence-electron chi connectivity index (χ0n) is 11.3. The molecule has 1 aromatic rings. The first-order chi connectivity index (χ1) is 8.99. The van der Waals surface area contributed by atoms with Crippen LogP contribution in [0.2, 0.25) is 0 Å². The number of hydrogen-bond acceptors (Lipinski definition) is 5. The van der Waals surface area contributed by atoms with Gasteiger partial charge in [0.05, 0.1) is 12.7 Å². The topological polar surface area (TPSA) is 64.3 Å². The summed E-state index contributed by atoms with van der Waals surface area (Å²) >= 11 is 5.26. The fraction of sp³-hybridized carbons (Fsp3) is 0.462. The molecule has 6 heteroatoms. The van der Waals surface area contributed by atoms with Gasteiger partial charge in [-0.1, -0.05) is 0 Å². The van der Waals surface area contributed by atoms with Crippen LogP contribution in [0.4, 0.5) is 11.4 Å². The molecule has 1 rings (SSSR count). The minimum absolute atomic E-state index is 0.317. The number of ether oxygens (including phenoxy) is 1. The summed E-state index contributed by atoms with van der Waals surface area (Å²) in [6.45, 7) is 2.11. The van der Waals surface area contributed by atoms with E-state index in [9.17, 15) is 4.79 Å². The maximum Gasteiger partial charge on any atom is 0.340 e. The summed E-state index contributed by atoms with van der Waals surface area (Å²) < 4.78 is 5.56. The highest BCUT2D eigenvalue weighted by molar-refractivity contribution is 9.10. The number of anilines is 2. The third-order valence-corrected chi connectivity index (χ3v) is 4.00. The fourth-order valence-corrected chi connectivity index (χ4v) is 2.68. The third kappa shape index (κ3) is 4.62. The van der Waals surface area contributed by atoms with Crippen LogP contribution in [0.5, 0.6) is 0 Å². The molecule has 1 aromatic carbocycles. The average molecular weight is 347 g/mol. The standard InChI is InChI=1S/C13H19BrN2O2S/c1-8(4-5-19-3)16-12-6-9(13(17)18-2)11(15)7-10(12)14/h6-8,16H,4-5,15H2,1-3H3. The van der Waals surface area contributed by atoms with E-state index in [1.54, 1.807) is 12.1 Å². The van der Waals surface area contributed by atoms with Crippen LogP contribution in [0.25, 0.3) is 0 Å². The van der Waals surface area contributed by atoms with E-state index in [0.717, 1.165) is 22.3 Å². The van der Waals surface area contributed by atoms with E-state index >= 15 is 0 Å². The molecule has 0 aliphatic heterocycles. The second-order valence-electron chi connectivity index (χ2n) is 4.24. The maximum absolute atomic E-state index is 11.6. The number of hydrogen-bond donors (Lipinski definition) is 2. The number of thioether (sulfide) groups is 1. The molecule has 0 aliphatic carbocycles. The van der Waals surface area contributed by atoms with Gasteiger partial charge in [0, 0.05) is 21.9 Å². The Balaban J connectivity index is 2.91. The van der Waals surface area contributed by atoms with E-state index in [0.29, 0.717) is 17.3 Å². The van der Waals surface area contributed by atoms with Gasteiger partial charge in [0.1, 0.15) is 0 Å². The van der Waals surface area contributed by atoms with Gasteiger partial charge in [0.25, 0.3) is 0 Å². The highest BCUT2D eigenvalue weighted by Crippen LogP contribution is 2.29. The SMILES string of the molecule is COC(=O)c1cc(NC(C)CCSC)c(Br)cc1N. The highest BCUT2D eigenvalue weighted by Gasteiger charge is 2.14. The molecule has 0 bridgehead atoms. The molecule has 19 heavy (non-hydrogen) atoms. The summed E-state index contributed by atoms with van der Waals surface area (Å²) in [6, 6.07) is 3.76. The fourth-order valence-electron chi connectivity index (χ4n) is 1.62. The van der Waals surface area contributed by atoms with Crippen LogP contribution in [0.15, 0.2) is 16.6 Å². The van der Waals surface area contributed by atoms with Crippen LogP contribution in [0, 0.1) is 0 Å². The normalized spacial score (nSPS) is 12.0. The molecule has 0 radical (unpaired) electrons. The Labute approximate surface area is 126 Å². The van der Waals surface area contributed by atoms with Crippen molar-refractivity contribution in [1.82, 2.24) is 0 Å². The minimum atomic E-state index is -0.426. The smallest absolute Gasteiger partial charge is 0.340 e. The van der Waals surface area contributed by atoms with Crippen LogP contribution in [-0.2, 0) is 4.74 Å². The summed E-state index contributed by atoms with van der Waals surface area (Å²) in [5, 5.41) is 3.37. The van der Waals surface area contributed by atoms with Crippen LogP contribution >= 0.6 is 27.7 Å². The Kier molecular flexibility index (Phi) is 6.51. The summed E-state index contributed by atoms with van der Waals surface area (Å²) in [4.78, 5) is 11.6. The molecule has 0 fully saturated rings. The lowest BCUT2D eigenvalue weighted by Gasteiger charge is -2.17. The first-order valence-corrected chi connectivity index (χ1v) is 8.11. The number of nitrogens with two attached hydrogens (primary N) is 1. The molecule has 0 aromatic heterocycles. The molecular weight excluding hydrogens is 328 g/mol. The van der Waals surface area contributed by atoms with Gasteiger partial charge in [-0.15, -0.1) is 0 Å². The monoisotopic (exact) mass is 346 g/mol. The lowest BCUT2D eigenvalue weighted by Crippen LogP contribution is -2.17. The van der Waals surface area contributed by atoms with Gasteiger partial charge in [-0.3, -0.25) is 0 Å². The van der Waals surface area contributed by atoms with E-state index in [1.807, 2.05) is 11.8 Å². The second kappa shape index (κ2) is 7.65. The molecule has 0 saturated carbocycles. The number of carbonyl (C=O) groups excluding carboxylic acids is 1. The lowest BCUT2D eigenvalue weighted by molar-refractivity contribution is 0.0602. The van der Waals surface area contributed by atoms with Crippen molar-refractivity contribution in [3.8, 4) is 0 Å². The number of benzene rings is 1. The largest absolute Gasteiger partial charge is 0.465 e. The predicted molar refractivity (Wildman–Crippen MR) is 86.0 cm³/mol. The van der Waals surface area contributed by atoms with Crippen molar-refractivity contribution in [3.63, 3.8) is 0 Å². The van der Waals surface area contributed by atoms with Crippen molar-refractivity contribution >= 4 is 45.0 Å². The summed E-state index contributed by atoms with van der Waals surface area (Å²) in [6.07, 6.45) is 3.13. The first kappa shape index (κ1) is 16.2. The van der Waals surface area contributed by atoms with Gasteiger partial charge < -0.3 is 15.8 Å². The van der Waals surface area contributed by atoms with Crippen LogP contribution in [0.3, 0.4) is 0 Å². The molecule has 3 N–H and O–H groups in total. The molecule has 0 spiro atoms. The number of rotatable bonds is 6. The summed E-state index contributed by atoms with van der Waals surface area (Å²) in [7, 11) is 1.35. The predicted octanol–water partition coefficient (Wildman–Crippen LogP) is 3.37. The lowest BCUT2D eigenvalue weighted by atomic mass is 10.1. The maximum atomic E-state index is 11.6. The highest BCUT2D eigenvalue weighted by atomic mass is 79.9. The van der Waals surface area contributed by atoms with Crippen molar-refractivity contribution in [1.29, 1.82) is 0 Å². The molecule has 1 atom stereocenters. The number of nitrogens with one attached hydrogen (secondary N) is 1. The molecule has 4 nitrogen and oxygen atoms in total. The number of esters is 1. The first-order valence-electron chi connectivity index (χ1n) is 5.92. The number of nitrogen functional groups attached to an aromatic ring is 1. The molecule has 0 amide bonds. The van der Waals surface area contributed by atoms with Crippen LogP contribution in [0.1, 0.15) is 23.7 Å². The Bertz CT molecular complexity index is 455. The van der Waals surface area contributed by atoms with E-state index in [1.165, 1.54) is 7.11 Å². The second-order valence-corrected chi connectivity index (χ2v) is 6.08. The van der Waals surface area contributed by atoms with Crippen LogP contribution in [-0.4, -0.2) is 31.1 Å². The minimum Gasteiger partial charge on any atom is -0.465 e. The van der Waals surface area contributed by atoms with E-state index in [4.69, 9.17) is 10.5 Å². The quantitative estimate of drug-likeness (QED) is 0.610. The van der Waals surface area contributed by atoms with Crippen molar-refractivity contribution < 1.29 is 9.53 Å². The third-order valence-electron chi connectivity index (χ3n) is 2.70.